The Kier molecular flexibility index (Phi) is 3.20. The van der Waals surface area contributed by atoms with Gasteiger partial charge in [0.15, 0.2) is 0 Å². The Morgan fingerprint density at radius 3 is 2.88 bits per heavy atom. The van der Waals surface area contributed by atoms with Gasteiger partial charge in [-0.3, -0.25) is 4.21 Å². The zero-order chi connectivity index (χ0) is 12.6. The predicted octanol–water partition coefficient (Wildman–Crippen LogP) is 3.21. The molecular weight excluding hydrogens is 232 g/mol. The van der Waals surface area contributed by atoms with Crippen molar-refractivity contribution >= 4 is 16.9 Å². The highest BCUT2D eigenvalue weighted by Gasteiger charge is 2.31. The van der Waals surface area contributed by atoms with Gasteiger partial charge in [0.1, 0.15) is 11.0 Å². The molecule has 1 aromatic rings. The molecule has 0 saturated carbocycles. The summed E-state index contributed by atoms with van der Waals surface area (Å²) in [5.41, 5.74) is 1.95. The molecule has 0 saturated heterocycles. The summed E-state index contributed by atoms with van der Waals surface area (Å²) in [5.74, 6) is 0.176. The van der Waals surface area contributed by atoms with Crippen molar-refractivity contribution in [3.63, 3.8) is 0 Å². The van der Waals surface area contributed by atoms with Crippen molar-refractivity contribution in [3.8, 4) is 0 Å². The molecule has 2 rings (SSSR count). The highest BCUT2D eigenvalue weighted by molar-refractivity contribution is 7.86. The van der Waals surface area contributed by atoms with Gasteiger partial charge >= 0.3 is 0 Å². The highest BCUT2D eigenvalue weighted by Crippen LogP contribution is 2.32. The molecule has 0 bridgehead atoms. The number of allylic oxidation sites excluding steroid dienone is 1. The van der Waals surface area contributed by atoms with E-state index in [1.807, 2.05) is 32.0 Å². The molecule has 1 heterocycles. The van der Waals surface area contributed by atoms with Crippen LogP contribution >= 0.6 is 0 Å². The molecule has 0 radical (unpaired) electrons. The maximum absolute atomic E-state index is 12.4. The third kappa shape index (κ3) is 2.07. The molecular formula is C14H16O2S. The van der Waals surface area contributed by atoms with Crippen LogP contribution in [-0.4, -0.2) is 14.6 Å². The highest BCUT2D eigenvalue weighted by atomic mass is 32.2. The second-order valence-corrected chi connectivity index (χ2v) is 5.97. The first-order chi connectivity index (χ1) is 8.04. The zero-order valence-electron chi connectivity index (χ0n) is 10.0. The summed E-state index contributed by atoms with van der Waals surface area (Å²) in [4.78, 5) is 0.798. The van der Waals surface area contributed by atoms with Crippen LogP contribution in [0.4, 0.5) is 0 Å². The Labute approximate surface area is 104 Å². The monoisotopic (exact) mass is 248 g/mol. The van der Waals surface area contributed by atoms with Gasteiger partial charge in [-0.2, -0.15) is 0 Å². The summed E-state index contributed by atoms with van der Waals surface area (Å²) >= 11 is 0. The van der Waals surface area contributed by atoms with Crippen molar-refractivity contribution in [2.75, 3.05) is 0 Å². The number of hydrogen-bond donors (Lipinski definition) is 1. The number of benzene rings is 1. The first-order valence-corrected chi connectivity index (χ1v) is 6.80. The van der Waals surface area contributed by atoms with Gasteiger partial charge in [0.2, 0.25) is 0 Å². The van der Waals surface area contributed by atoms with E-state index >= 15 is 0 Å². The lowest BCUT2D eigenvalue weighted by Crippen LogP contribution is -2.27. The van der Waals surface area contributed by atoms with Crippen LogP contribution in [0.1, 0.15) is 18.1 Å². The summed E-state index contributed by atoms with van der Waals surface area (Å²) in [6, 6.07) is 5.77. The molecule has 90 valence electrons. The average Bonchev–Trinajstić information content (AvgIpc) is 2.28. The smallest absolute Gasteiger partial charge is 0.109 e. The molecule has 1 N–H and O–H groups in total. The van der Waals surface area contributed by atoms with Crippen LogP contribution in [0.2, 0.25) is 0 Å². The van der Waals surface area contributed by atoms with E-state index in [9.17, 15) is 9.32 Å². The molecule has 1 aromatic carbocycles. The molecule has 1 aliphatic heterocycles. The van der Waals surface area contributed by atoms with Gasteiger partial charge in [-0.15, -0.1) is 6.58 Å². The number of aliphatic hydroxyl groups is 1. The van der Waals surface area contributed by atoms with E-state index in [-0.39, 0.29) is 16.9 Å². The lowest BCUT2D eigenvalue weighted by molar-refractivity contribution is 0.380. The Morgan fingerprint density at radius 2 is 2.24 bits per heavy atom. The first-order valence-electron chi connectivity index (χ1n) is 5.59. The minimum atomic E-state index is -1.21. The van der Waals surface area contributed by atoms with E-state index < -0.39 is 10.8 Å². The van der Waals surface area contributed by atoms with Crippen LogP contribution in [0, 0.1) is 12.8 Å². The second-order valence-electron chi connectivity index (χ2n) is 4.42. The molecule has 17 heavy (non-hydrogen) atoms. The normalized spacial score (nSPS) is 24.7. The van der Waals surface area contributed by atoms with Crippen molar-refractivity contribution in [1.82, 2.24) is 0 Å². The summed E-state index contributed by atoms with van der Waals surface area (Å²) in [7, 11) is -1.21. The molecule has 0 aromatic heterocycles. The number of aryl methyl sites for hydroxylation is 1. The standard InChI is InChI=1S/C14H16O2S/c1-4-10(3)14-12(15)8-11-7-9(2)5-6-13(11)17(14)16/h4-8,10,14-15H,1H2,2-3H3. The third-order valence-electron chi connectivity index (χ3n) is 3.06. The summed E-state index contributed by atoms with van der Waals surface area (Å²) in [6.45, 7) is 7.60. The molecule has 3 unspecified atom stereocenters. The molecule has 0 fully saturated rings. The Hall–Kier alpha value is -1.35. The van der Waals surface area contributed by atoms with Gasteiger partial charge in [-0.25, -0.2) is 0 Å². The summed E-state index contributed by atoms with van der Waals surface area (Å²) in [5, 5.41) is 9.63. The Bertz CT molecular complexity index is 517. The SMILES string of the molecule is C=CC(C)C1C(O)=Cc2cc(C)ccc2S1=O. The average molecular weight is 248 g/mol. The van der Waals surface area contributed by atoms with Crippen molar-refractivity contribution in [3.05, 3.63) is 47.7 Å². The fourth-order valence-corrected chi connectivity index (χ4v) is 3.65. The van der Waals surface area contributed by atoms with Gasteiger partial charge in [0.25, 0.3) is 0 Å². The van der Waals surface area contributed by atoms with Gasteiger partial charge in [0, 0.05) is 4.90 Å². The topological polar surface area (TPSA) is 37.3 Å². The zero-order valence-corrected chi connectivity index (χ0v) is 10.8. The van der Waals surface area contributed by atoms with Crippen LogP contribution in [0.25, 0.3) is 6.08 Å². The van der Waals surface area contributed by atoms with E-state index in [0.717, 1.165) is 16.0 Å². The lowest BCUT2D eigenvalue weighted by atomic mass is 10.0. The van der Waals surface area contributed by atoms with E-state index in [1.165, 1.54) is 0 Å². The van der Waals surface area contributed by atoms with Crippen LogP contribution in [0.3, 0.4) is 0 Å². The second kappa shape index (κ2) is 4.49. The fourth-order valence-electron chi connectivity index (χ4n) is 2.04. The van der Waals surface area contributed by atoms with Crippen LogP contribution < -0.4 is 0 Å². The maximum Gasteiger partial charge on any atom is 0.109 e. The van der Waals surface area contributed by atoms with E-state index in [0.29, 0.717) is 0 Å². The maximum atomic E-state index is 12.4. The van der Waals surface area contributed by atoms with Crippen molar-refractivity contribution < 1.29 is 9.32 Å². The first kappa shape index (κ1) is 12.1. The van der Waals surface area contributed by atoms with Gasteiger partial charge < -0.3 is 5.11 Å². The number of hydrogen-bond acceptors (Lipinski definition) is 2. The van der Waals surface area contributed by atoms with E-state index in [4.69, 9.17) is 0 Å². The minimum Gasteiger partial charge on any atom is -0.511 e. The summed E-state index contributed by atoms with van der Waals surface area (Å²) < 4.78 is 12.4. The number of fused-ring (bicyclic) bond motifs is 1. The van der Waals surface area contributed by atoms with Gasteiger partial charge in [0.05, 0.1) is 10.8 Å². The molecule has 0 amide bonds. The summed E-state index contributed by atoms with van der Waals surface area (Å²) in [6.07, 6.45) is 3.44. The number of aliphatic hydroxyl groups excluding tert-OH is 1. The third-order valence-corrected chi connectivity index (χ3v) is 4.99. The lowest BCUT2D eigenvalue weighted by Gasteiger charge is -2.25. The Balaban J connectivity index is 2.53. The molecule has 3 heteroatoms. The van der Waals surface area contributed by atoms with E-state index in [2.05, 4.69) is 6.58 Å². The minimum absolute atomic E-state index is 0.0125. The van der Waals surface area contributed by atoms with Gasteiger partial charge in [-0.05, 0) is 30.5 Å². The fraction of sp³-hybridized carbons (Fsp3) is 0.286. The van der Waals surface area contributed by atoms with Crippen molar-refractivity contribution in [2.45, 2.75) is 24.0 Å². The molecule has 2 nitrogen and oxygen atoms in total. The van der Waals surface area contributed by atoms with E-state index in [1.54, 1.807) is 12.2 Å². The van der Waals surface area contributed by atoms with Crippen LogP contribution in [-0.2, 0) is 10.8 Å². The van der Waals surface area contributed by atoms with Crippen LogP contribution in [0.5, 0.6) is 0 Å². The van der Waals surface area contributed by atoms with Crippen molar-refractivity contribution in [1.29, 1.82) is 0 Å². The van der Waals surface area contributed by atoms with Crippen LogP contribution in [0.15, 0.2) is 41.5 Å². The molecule has 1 aliphatic rings. The molecule has 3 atom stereocenters. The Morgan fingerprint density at radius 1 is 1.53 bits per heavy atom. The van der Waals surface area contributed by atoms with Gasteiger partial charge in [-0.1, -0.05) is 30.7 Å². The largest absolute Gasteiger partial charge is 0.511 e. The number of rotatable bonds is 2. The quantitative estimate of drug-likeness (QED) is 0.816. The van der Waals surface area contributed by atoms with Crippen molar-refractivity contribution in [2.24, 2.45) is 5.92 Å². The predicted molar refractivity (Wildman–Crippen MR) is 71.3 cm³/mol. The molecule has 0 spiro atoms. The molecule has 0 aliphatic carbocycles.